The fourth-order valence-corrected chi connectivity index (χ4v) is 5.39. The molecular formula is C27H21NO2. The third kappa shape index (κ3) is 2.18. The number of carbonyl (C=O) groups is 1. The molecule has 0 radical (unpaired) electrons. The highest BCUT2D eigenvalue weighted by Gasteiger charge is 2.59. The zero-order chi connectivity index (χ0) is 20.3. The number of ether oxygens (including phenoxy) is 1. The quantitative estimate of drug-likeness (QED) is 0.592. The van der Waals surface area contributed by atoms with Gasteiger partial charge in [0.2, 0.25) is 5.91 Å². The van der Waals surface area contributed by atoms with Crippen molar-refractivity contribution >= 4 is 22.4 Å². The van der Waals surface area contributed by atoms with Gasteiger partial charge in [-0.3, -0.25) is 9.69 Å². The molecule has 2 atom stereocenters. The van der Waals surface area contributed by atoms with Crippen molar-refractivity contribution in [1.29, 1.82) is 0 Å². The molecule has 6 rings (SSSR count). The van der Waals surface area contributed by atoms with Crippen LogP contribution in [0.5, 0.6) is 5.75 Å². The first kappa shape index (κ1) is 17.3. The number of methoxy groups -OCH3 is 1. The van der Waals surface area contributed by atoms with E-state index in [1.54, 1.807) is 7.11 Å². The fourth-order valence-electron chi connectivity index (χ4n) is 5.39. The lowest BCUT2D eigenvalue weighted by Crippen LogP contribution is -2.28. The van der Waals surface area contributed by atoms with Crippen molar-refractivity contribution in [2.24, 2.45) is 5.92 Å². The Balaban J connectivity index is 1.58. The first-order chi connectivity index (χ1) is 14.7. The molecule has 0 saturated carbocycles. The predicted octanol–water partition coefficient (Wildman–Crippen LogP) is 5.32. The number of carbonyl (C=O) groups excluding carboxylic acids is 1. The second-order valence-electron chi connectivity index (χ2n) is 8.15. The Morgan fingerprint density at radius 2 is 1.73 bits per heavy atom. The van der Waals surface area contributed by atoms with Gasteiger partial charge in [0.05, 0.1) is 18.4 Å². The van der Waals surface area contributed by atoms with Crippen LogP contribution in [0.4, 0.5) is 5.69 Å². The van der Waals surface area contributed by atoms with Crippen LogP contribution in [0, 0.1) is 5.92 Å². The molecule has 2 unspecified atom stereocenters. The number of nitrogens with zero attached hydrogens (tertiary/aromatic N) is 1. The minimum atomic E-state index is -0.431. The standard InChI is InChI=1S/C27H21NO2/c1-30-22-12-10-21(11-13-22)28-25-9-3-2-6-14-27(25)23-16-19-8-5-4-7-18(19)15-20(23)17-24(27)26(28)29/h2-16,24H,17H2,1H3. The first-order valence-electron chi connectivity index (χ1n) is 10.3. The molecule has 1 aliphatic heterocycles. The van der Waals surface area contributed by atoms with Crippen molar-refractivity contribution in [1.82, 2.24) is 0 Å². The molecule has 3 aliphatic rings. The van der Waals surface area contributed by atoms with Gasteiger partial charge in [-0.25, -0.2) is 0 Å². The van der Waals surface area contributed by atoms with Gasteiger partial charge in [0.1, 0.15) is 5.75 Å². The van der Waals surface area contributed by atoms with Gasteiger partial charge < -0.3 is 4.74 Å². The maximum absolute atomic E-state index is 13.8. The topological polar surface area (TPSA) is 29.5 Å². The van der Waals surface area contributed by atoms with Gasteiger partial charge in [0.15, 0.2) is 0 Å². The summed E-state index contributed by atoms with van der Waals surface area (Å²) in [6.45, 7) is 0. The Kier molecular flexibility index (Phi) is 3.57. The molecule has 3 nitrogen and oxygen atoms in total. The zero-order valence-electron chi connectivity index (χ0n) is 16.7. The van der Waals surface area contributed by atoms with Crippen molar-refractivity contribution in [2.45, 2.75) is 11.8 Å². The monoisotopic (exact) mass is 391 g/mol. The van der Waals surface area contributed by atoms with Crippen molar-refractivity contribution < 1.29 is 9.53 Å². The van der Waals surface area contributed by atoms with Crippen LogP contribution in [0.3, 0.4) is 0 Å². The third-order valence-electron chi connectivity index (χ3n) is 6.74. The highest BCUT2D eigenvalue weighted by atomic mass is 16.5. The van der Waals surface area contributed by atoms with Gasteiger partial charge in [0.25, 0.3) is 0 Å². The summed E-state index contributed by atoms with van der Waals surface area (Å²) in [6, 6.07) is 20.8. The number of fused-ring (bicyclic) bond motifs is 2. The molecule has 1 saturated heterocycles. The second-order valence-corrected chi connectivity index (χ2v) is 8.15. The molecule has 146 valence electrons. The first-order valence-corrected chi connectivity index (χ1v) is 10.3. The third-order valence-corrected chi connectivity index (χ3v) is 6.74. The Morgan fingerprint density at radius 3 is 2.50 bits per heavy atom. The lowest BCUT2D eigenvalue weighted by atomic mass is 9.74. The second kappa shape index (κ2) is 6.20. The summed E-state index contributed by atoms with van der Waals surface area (Å²) in [5.74, 6) is 0.812. The molecule has 0 bridgehead atoms. The van der Waals surface area contributed by atoms with E-state index in [4.69, 9.17) is 4.74 Å². The Hall–Kier alpha value is -3.59. The van der Waals surface area contributed by atoms with Crippen LogP contribution < -0.4 is 9.64 Å². The van der Waals surface area contributed by atoms with Gasteiger partial charge in [-0.2, -0.15) is 0 Å². The zero-order valence-corrected chi connectivity index (χ0v) is 16.7. The lowest BCUT2D eigenvalue weighted by Gasteiger charge is -2.29. The highest BCUT2D eigenvalue weighted by molar-refractivity contribution is 6.06. The van der Waals surface area contributed by atoms with Gasteiger partial charge in [-0.1, -0.05) is 54.6 Å². The van der Waals surface area contributed by atoms with Gasteiger partial charge in [-0.05, 0) is 64.7 Å². The van der Waals surface area contributed by atoms with E-state index in [1.165, 1.54) is 21.9 Å². The number of benzene rings is 3. The number of anilines is 1. The van der Waals surface area contributed by atoms with Gasteiger partial charge in [-0.15, -0.1) is 0 Å². The summed E-state index contributed by atoms with van der Waals surface area (Å²) in [4.78, 5) is 15.7. The van der Waals surface area contributed by atoms with Crippen LogP contribution in [0.1, 0.15) is 11.1 Å². The molecule has 3 aromatic carbocycles. The molecular weight excluding hydrogens is 370 g/mol. The summed E-state index contributed by atoms with van der Waals surface area (Å²) in [6.07, 6.45) is 11.3. The van der Waals surface area contributed by atoms with E-state index in [0.717, 1.165) is 23.6 Å². The van der Waals surface area contributed by atoms with Gasteiger partial charge in [0, 0.05) is 11.4 Å². The maximum atomic E-state index is 13.8. The van der Waals surface area contributed by atoms with Crippen molar-refractivity contribution in [2.75, 3.05) is 12.0 Å². The van der Waals surface area contributed by atoms with E-state index in [-0.39, 0.29) is 11.8 Å². The van der Waals surface area contributed by atoms with Crippen LogP contribution in [-0.2, 0) is 16.6 Å². The smallest absolute Gasteiger partial charge is 0.236 e. The number of allylic oxidation sites excluding steroid dienone is 5. The Labute approximate surface area is 175 Å². The number of hydrogen-bond acceptors (Lipinski definition) is 2. The average Bonchev–Trinajstić information content (AvgIpc) is 3.09. The highest BCUT2D eigenvalue weighted by Crippen LogP contribution is 2.57. The summed E-state index contributed by atoms with van der Waals surface area (Å²) >= 11 is 0. The molecule has 1 amide bonds. The van der Waals surface area contributed by atoms with E-state index in [2.05, 4.69) is 54.6 Å². The molecule has 0 N–H and O–H groups in total. The SMILES string of the molecule is COc1ccc(N2C(=O)C3Cc4cc5ccccc5cc4C34C=CC=CC=C24)cc1. The predicted molar refractivity (Wildman–Crippen MR) is 120 cm³/mol. The number of hydrogen-bond donors (Lipinski definition) is 0. The Morgan fingerprint density at radius 1 is 0.967 bits per heavy atom. The largest absolute Gasteiger partial charge is 0.497 e. The van der Waals surface area contributed by atoms with Crippen molar-refractivity contribution in [3.05, 3.63) is 108 Å². The van der Waals surface area contributed by atoms with E-state index in [9.17, 15) is 4.79 Å². The molecule has 1 fully saturated rings. The number of rotatable bonds is 2. The minimum absolute atomic E-state index is 0.131. The minimum Gasteiger partial charge on any atom is -0.497 e. The van der Waals surface area contributed by atoms with E-state index in [0.29, 0.717) is 0 Å². The molecule has 2 aliphatic carbocycles. The van der Waals surface area contributed by atoms with Crippen LogP contribution in [-0.4, -0.2) is 13.0 Å². The van der Waals surface area contributed by atoms with Gasteiger partial charge >= 0.3 is 0 Å². The number of amides is 1. The molecule has 1 heterocycles. The van der Waals surface area contributed by atoms with Crippen molar-refractivity contribution in [3.63, 3.8) is 0 Å². The van der Waals surface area contributed by atoms with Crippen LogP contribution in [0.15, 0.2) is 96.7 Å². The fraction of sp³-hybridized carbons (Fsp3) is 0.148. The Bertz CT molecular complexity index is 1280. The van der Waals surface area contributed by atoms with Crippen molar-refractivity contribution in [3.8, 4) is 5.75 Å². The summed E-state index contributed by atoms with van der Waals surface area (Å²) in [5, 5.41) is 2.44. The maximum Gasteiger partial charge on any atom is 0.236 e. The molecule has 3 heteroatoms. The average molecular weight is 391 g/mol. The van der Waals surface area contributed by atoms with E-state index >= 15 is 0 Å². The molecule has 3 aromatic rings. The normalized spacial score (nSPS) is 23.8. The summed E-state index contributed by atoms with van der Waals surface area (Å²) < 4.78 is 5.31. The van der Waals surface area contributed by atoms with Crippen LogP contribution in [0.2, 0.25) is 0 Å². The molecule has 30 heavy (non-hydrogen) atoms. The van der Waals surface area contributed by atoms with Crippen LogP contribution in [0.25, 0.3) is 10.8 Å². The molecule has 0 aromatic heterocycles. The molecule has 1 spiro atoms. The van der Waals surface area contributed by atoms with E-state index in [1.807, 2.05) is 41.3 Å². The van der Waals surface area contributed by atoms with Crippen LogP contribution >= 0.6 is 0 Å². The summed E-state index contributed by atoms with van der Waals surface area (Å²) in [7, 11) is 1.65. The summed E-state index contributed by atoms with van der Waals surface area (Å²) in [5.41, 5.74) is 4.01. The van der Waals surface area contributed by atoms with E-state index < -0.39 is 5.41 Å². The lowest BCUT2D eigenvalue weighted by molar-refractivity contribution is -0.120.